The number of pyridine rings is 1. The van der Waals surface area contributed by atoms with E-state index < -0.39 is 0 Å². The fourth-order valence-corrected chi connectivity index (χ4v) is 1.37. The maximum atomic E-state index is 9.54. The molecule has 1 heterocycles. The first kappa shape index (κ1) is 8.62. The van der Waals surface area contributed by atoms with Gasteiger partial charge in [-0.1, -0.05) is 0 Å². The molecule has 2 N–H and O–H groups in total. The molecule has 72 valence electrons. The molecule has 0 aliphatic carbocycles. The second kappa shape index (κ2) is 3.06. The standard InChI is InChI=1S/C10H9NO3/c1-14-9-4-8(12)10(13)6-2-3-11-5-7(6)9/h2-5,12-13H,1H3. The molecule has 2 rings (SSSR count). The van der Waals surface area contributed by atoms with Crippen LogP contribution in [-0.2, 0) is 0 Å². The van der Waals surface area contributed by atoms with Gasteiger partial charge in [-0.3, -0.25) is 4.98 Å². The SMILES string of the molecule is COc1cc(O)c(O)c2ccncc12. The molecule has 0 spiro atoms. The molecule has 0 amide bonds. The quantitative estimate of drug-likeness (QED) is 0.673. The van der Waals surface area contributed by atoms with Crippen molar-refractivity contribution in [1.29, 1.82) is 0 Å². The van der Waals surface area contributed by atoms with E-state index in [1.54, 1.807) is 18.5 Å². The molecule has 0 saturated heterocycles. The molecule has 14 heavy (non-hydrogen) atoms. The average molecular weight is 191 g/mol. The molecule has 0 bridgehead atoms. The molecule has 0 aliphatic rings. The zero-order chi connectivity index (χ0) is 10.1. The largest absolute Gasteiger partial charge is 0.504 e. The van der Waals surface area contributed by atoms with E-state index in [0.29, 0.717) is 16.5 Å². The van der Waals surface area contributed by atoms with Crippen molar-refractivity contribution in [2.75, 3.05) is 7.11 Å². The average Bonchev–Trinajstić information content (AvgIpc) is 2.23. The summed E-state index contributed by atoms with van der Waals surface area (Å²) in [4.78, 5) is 3.92. The Bertz CT molecular complexity index is 482. The van der Waals surface area contributed by atoms with Crippen LogP contribution in [0.5, 0.6) is 17.2 Å². The predicted molar refractivity (Wildman–Crippen MR) is 51.6 cm³/mol. The Labute approximate surface area is 80.4 Å². The van der Waals surface area contributed by atoms with Crippen molar-refractivity contribution in [1.82, 2.24) is 4.98 Å². The molecule has 0 unspecified atom stereocenters. The maximum absolute atomic E-state index is 9.54. The highest BCUT2D eigenvalue weighted by molar-refractivity contribution is 5.94. The van der Waals surface area contributed by atoms with Crippen LogP contribution in [-0.4, -0.2) is 22.3 Å². The van der Waals surface area contributed by atoms with E-state index in [4.69, 9.17) is 4.74 Å². The summed E-state index contributed by atoms with van der Waals surface area (Å²) in [6, 6.07) is 2.98. The summed E-state index contributed by atoms with van der Waals surface area (Å²) in [5.74, 6) is 0.146. The first-order chi connectivity index (χ1) is 6.74. The number of aromatic hydroxyl groups is 2. The van der Waals surface area contributed by atoms with Crippen LogP contribution in [0.1, 0.15) is 0 Å². The van der Waals surface area contributed by atoms with Gasteiger partial charge in [0.25, 0.3) is 0 Å². The van der Waals surface area contributed by atoms with Gasteiger partial charge in [-0.05, 0) is 6.07 Å². The number of aromatic nitrogens is 1. The molecular formula is C10H9NO3. The highest BCUT2D eigenvalue weighted by Gasteiger charge is 2.10. The Hall–Kier alpha value is -1.97. The second-order valence-corrected chi connectivity index (χ2v) is 2.87. The number of phenolic OH excluding ortho intramolecular Hbond substituents is 2. The van der Waals surface area contributed by atoms with Crippen LogP contribution in [0, 0.1) is 0 Å². The van der Waals surface area contributed by atoms with E-state index in [0.717, 1.165) is 0 Å². The van der Waals surface area contributed by atoms with Crippen LogP contribution in [0.3, 0.4) is 0 Å². The van der Waals surface area contributed by atoms with Gasteiger partial charge in [0.15, 0.2) is 11.5 Å². The fraction of sp³-hybridized carbons (Fsp3) is 0.100. The number of phenols is 2. The molecular weight excluding hydrogens is 182 g/mol. The molecule has 0 fully saturated rings. The summed E-state index contributed by atoms with van der Waals surface area (Å²) >= 11 is 0. The van der Waals surface area contributed by atoms with E-state index in [1.165, 1.54) is 13.2 Å². The monoisotopic (exact) mass is 191 g/mol. The number of benzene rings is 1. The van der Waals surface area contributed by atoms with Gasteiger partial charge in [0.2, 0.25) is 0 Å². The Morgan fingerprint density at radius 3 is 2.79 bits per heavy atom. The highest BCUT2D eigenvalue weighted by Crippen LogP contribution is 2.38. The third-order valence-electron chi connectivity index (χ3n) is 2.07. The van der Waals surface area contributed by atoms with E-state index >= 15 is 0 Å². The molecule has 0 aliphatic heterocycles. The van der Waals surface area contributed by atoms with Crippen LogP contribution in [0.25, 0.3) is 10.8 Å². The lowest BCUT2D eigenvalue weighted by Crippen LogP contribution is -1.86. The van der Waals surface area contributed by atoms with Gasteiger partial charge in [-0.15, -0.1) is 0 Å². The topological polar surface area (TPSA) is 62.6 Å². The van der Waals surface area contributed by atoms with Crippen molar-refractivity contribution in [3.63, 3.8) is 0 Å². The number of hydrogen-bond acceptors (Lipinski definition) is 4. The van der Waals surface area contributed by atoms with E-state index in [-0.39, 0.29) is 11.5 Å². The van der Waals surface area contributed by atoms with Crippen molar-refractivity contribution < 1.29 is 14.9 Å². The van der Waals surface area contributed by atoms with E-state index in [2.05, 4.69) is 4.98 Å². The number of ether oxygens (including phenoxy) is 1. The summed E-state index contributed by atoms with van der Waals surface area (Å²) in [5, 5.41) is 20.1. The Balaban J connectivity index is 2.89. The summed E-state index contributed by atoms with van der Waals surface area (Å²) in [7, 11) is 1.50. The molecule has 2 aromatic rings. The molecule has 1 aromatic heterocycles. The summed E-state index contributed by atoms with van der Waals surface area (Å²) in [6.07, 6.45) is 3.12. The van der Waals surface area contributed by atoms with Crippen molar-refractivity contribution >= 4 is 10.8 Å². The Kier molecular flexibility index (Phi) is 1.89. The van der Waals surface area contributed by atoms with Gasteiger partial charge < -0.3 is 14.9 Å². The zero-order valence-corrected chi connectivity index (χ0v) is 7.56. The predicted octanol–water partition coefficient (Wildman–Crippen LogP) is 1.65. The van der Waals surface area contributed by atoms with Gasteiger partial charge in [0, 0.05) is 29.2 Å². The van der Waals surface area contributed by atoms with Crippen molar-refractivity contribution in [3.05, 3.63) is 24.5 Å². The van der Waals surface area contributed by atoms with Crippen molar-refractivity contribution in [3.8, 4) is 17.2 Å². The molecule has 4 heteroatoms. The summed E-state index contributed by atoms with van der Waals surface area (Å²) in [6.45, 7) is 0. The minimum absolute atomic E-state index is 0.150. The normalized spacial score (nSPS) is 10.4. The minimum Gasteiger partial charge on any atom is -0.504 e. The fourth-order valence-electron chi connectivity index (χ4n) is 1.37. The van der Waals surface area contributed by atoms with Crippen molar-refractivity contribution in [2.24, 2.45) is 0 Å². The first-order valence-corrected chi connectivity index (χ1v) is 4.06. The maximum Gasteiger partial charge on any atom is 0.165 e. The lowest BCUT2D eigenvalue weighted by atomic mass is 10.1. The third-order valence-corrected chi connectivity index (χ3v) is 2.07. The number of nitrogens with zero attached hydrogens (tertiary/aromatic N) is 1. The third kappa shape index (κ3) is 1.12. The Morgan fingerprint density at radius 2 is 2.07 bits per heavy atom. The lowest BCUT2D eigenvalue weighted by molar-refractivity contribution is 0.392. The highest BCUT2D eigenvalue weighted by atomic mass is 16.5. The molecule has 0 radical (unpaired) electrons. The molecule has 0 atom stereocenters. The van der Waals surface area contributed by atoms with Crippen LogP contribution in [0.4, 0.5) is 0 Å². The Morgan fingerprint density at radius 1 is 1.29 bits per heavy atom. The van der Waals surface area contributed by atoms with Gasteiger partial charge in [-0.25, -0.2) is 0 Å². The van der Waals surface area contributed by atoms with Crippen LogP contribution < -0.4 is 4.74 Å². The van der Waals surface area contributed by atoms with Crippen LogP contribution in [0.15, 0.2) is 24.5 Å². The number of methoxy groups -OCH3 is 1. The number of rotatable bonds is 1. The zero-order valence-electron chi connectivity index (χ0n) is 7.56. The van der Waals surface area contributed by atoms with Crippen LogP contribution in [0.2, 0.25) is 0 Å². The van der Waals surface area contributed by atoms with Crippen molar-refractivity contribution in [2.45, 2.75) is 0 Å². The van der Waals surface area contributed by atoms with E-state index in [1.807, 2.05) is 0 Å². The minimum atomic E-state index is -0.194. The van der Waals surface area contributed by atoms with Gasteiger partial charge in [-0.2, -0.15) is 0 Å². The van der Waals surface area contributed by atoms with Gasteiger partial charge in [0.1, 0.15) is 5.75 Å². The summed E-state index contributed by atoms with van der Waals surface area (Å²) < 4.78 is 5.05. The molecule has 1 aromatic carbocycles. The number of fused-ring (bicyclic) bond motifs is 1. The second-order valence-electron chi connectivity index (χ2n) is 2.87. The molecule has 4 nitrogen and oxygen atoms in total. The summed E-state index contributed by atoms with van der Waals surface area (Å²) in [5.41, 5.74) is 0. The van der Waals surface area contributed by atoms with Crippen LogP contribution >= 0.6 is 0 Å². The smallest absolute Gasteiger partial charge is 0.165 e. The first-order valence-electron chi connectivity index (χ1n) is 4.06. The van der Waals surface area contributed by atoms with E-state index in [9.17, 15) is 10.2 Å². The molecule has 0 saturated carbocycles. The van der Waals surface area contributed by atoms with Gasteiger partial charge >= 0.3 is 0 Å². The number of hydrogen-bond donors (Lipinski definition) is 2. The van der Waals surface area contributed by atoms with Gasteiger partial charge in [0.05, 0.1) is 7.11 Å². The lowest BCUT2D eigenvalue weighted by Gasteiger charge is -2.07.